The van der Waals surface area contributed by atoms with Crippen LogP contribution in [-0.4, -0.2) is 75.1 Å². The molecule has 6 rings (SSSR count). The number of likely N-dealkylation sites (tertiary alicyclic amines) is 1. The van der Waals surface area contributed by atoms with Gasteiger partial charge in [-0.3, -0.25) is 14.4 Å². The molecule has 4 aliphatic rings. The minimum absolute atomic E-state index is 0.0495. The fraction of sp³-hybridized carbons (Fsp3) is 0.531. The highest BCUT2D eigenvalue weighted by Crippen LogP contribution is 2.60. The van der Waals surface area contributed by atoms with E-state index in [9.17, 15) is 19.5 Å². The van der Waals surface area contributed by atoms with Crippen molar-refractivity contribution in [3.63, 3.8) is 0 Å². The second-order valence-corrected chi connectivity index (χ2v) is 16.6. The fourth-order valence-electron chi connectivity index (χ4n) is 7.75. The third-order valence-electron chi connectivity index (χ3n) is 9.87. The summed E-state index contributed by atoms with van der Waals surface area (Å²) in [5, 5.41) is 9.80. The summed E-state index contributed by atoms with van der Waals surface area (Å²) in [5.41, 5.74) is 0.820. The third-order valence-corrected chi connectivity index (χ3v) is 12.3. The molecule has 0 aromatic heterocycles. The fourth-order valence-corrected chi connectivity index (χ4v) is 10.2. The van der Waals surface area contributed by atoms with Crippen molar-refractivity contribution in [2.45, 2.75) is 75.5 Å². The van der Waals surface area contributed by atoms with Crippen LogP contribution in [0.4, 0.5) is 15.5 Å². The number of carbonyl (C=O) groups excluding carboxylic acids is 3. The number of β-lactam (4-membered cyclic amide) rings is 1. The van der Waals surface area contributed by atoms with E-state index in [2.05, 4.69) is 0 Å². The molecular weight excluding hydrogens is 569 g/mol. The van der Waals surface area contributed by atoms with E-state index < -0.39 is 31.6 Å². The van der Waals surface area contributed by atoms with Crippen molar-refractivity contribution in [1.29, 1.82) is 0 Å². The van der Waals surface area contributed by atoms with E-state index in [0.29, 0.717) is 36.5 Å². The van der Waals surface area contributed by atoms with Gasteiger partial charge in [0.25, 0.3) is 5.91 Å². The van der Waals surface area contributed by atoms with Gasteiger partial charge >= 0.3 is 0 Å². The zero-order valence-corrected chi connectivity index (χ0v) is 26.2. The van der Waals surface area contributed by atoms with Crippen molar-refractivity contribution in [2.24, 2.45) is 5.92 Å². The molecule has 2 aromatic carbocycles. The van der Waals surface area contributed by atoms with Gasteiger partial charge in [0.15, 0.2) is 5.60 Å². The predicted molar refractivity (Wildman–Crippen MR) is 162 cm³/mol. The van der Waals surface area contributed by atoms with Crippen molar-refractivity contribution in [2.75, 3.05) is 36.6 Å². The molecule has 4 heterocycles. The Kier molecular flexibility index (Phi) is 7.63. The van der Waals surface area contributed by atoms with Gasteiger partial charge in [-0.25, -0.2) is 0 Å². The van der Waals surface area contributed by atoms with Gasteiger partial charge in [0.05, 0.1) is 44.5 Å². The average Bonchev–Trinajstić information content (AvgIpc) is 3.62. The topological polar surface area (TPSA) is 99.6 Å². The Morgan fingerprint density at radius 3 is 2.63 bits per heavy atom. The molecule has 0 radical (unpaired) electrons. The van der Waals surface area contributed by atoms with Crippen LogP contribution in [-0.2, 0) is 31.3 Å². The smallest absolute Gasteiger partial charge is 0.264 e. The lowest BCUT2D eigenvalue weighted by Crippen LogP contribution is -2.45. The number of hydrogen-bond acceptors (Lipinski definition) is 6. The first-order valence-corrected chi connectivity index (χ1v) is 18.1. The zero-order chi connectivity index (χ0) is 30.7. The van der Waals surface area contributed by atoms with Gasteiger partial charge in [0, 0.05) is 42.2 Å². The number of fused-ring (bicyclic) bond motifs is 2. The largest absolute Gasteiger partial charge is 0.497 e. The van der Waals surface area contributed by atoms with Gasteiger partial charge in [-0.05, 0) is 61.8 Å². The van der Waals surface area contributed by atoms with E-state index in [4.69, 9.17) is 9.47 Å². The summed E-state index contributed by atoms with van der Waals surface area (Å²) >= 11 is 0. The highest BCUT2D eigenvalue weighted by Gasteiger charge is 2.67. The van der Waals surface area contributed by atoms with Crippen LogP contribution in [0, 0.1) is 5.92 Å². The SMILES string of the molecule is COc1ccc2c(c1)[C@]1(O[C@@H](CC(=O)N3CCC[C@H]3CO)[C@H]([Si](C)(C)F)[C@H]1C)C(=O)N2Cc1cccc(N2CCC2=O)c1. The Labute approximate surface area is 252 Å². The number of hydrogen-bond donors (Lipinski definition) is 1. The van der Waals surface area contributed by atoms with Crippen molar-refractivity contribution in [3.05, 3.63) is 53.6 Å². The molecule has 2 aromatic rings. The van der Waals surface area contributed by atoms with E-state index >= 15 is 4.11 Å². The maximum absolute atomic E-state index is 16.2. The number of nitrogens with zero attached hydrogens (tertiary/aromatic N) is 3. The molecule has 0 aliphatic carbocycles. The summed E-state index contributed by atoms with van der Waals surface area (Å²) in [4.78, 5) is 45.3. The Morgan fingerprint density at radius 2 is 1.98 bits per heavy atom. The van der Waals surface area contributed by atoms with Crippen molar-refractivity contribution < 1.29 is 33.1 Å². The number of methoxy groups -OCH3 is 1. The molecule has 43 heavy (non-hydrogen) atoms. The molecule has 3 fully saturated rings. The van der Waals surface area contributed by atoms with Gasteiger partial charge < -0.3 is 33.4 Å². The van der Waals surface area contributed by atoms with Crippen LogP contribution in [0.1, 0.15) is 43.7 Å². The number of rotatable bonds is 8. The molecule has 1 N–H and O–H groups in total. The summed E-state index contributed by atoms with van der Waals surface area (Å²) in [6, 6.07) is 12.8. The Morgan fingerprint density at radius 1 is 1.19 bits per heavy atom. The highest BCUT2D eigenvalue weighted by molar-refractivity contribution is 6.72. The average molecular weight is 610 g/mol. The van der Waals surface area contributed by atoms with Crippen LogP contribution in [0.3, 0.4) is 0 Å². The lowest BCUT2D eigenvalue weighted by Gasteiger charge is -2.32. The van der Waals surface area contributed by atoms with E-state index in [1.165, 1.54) is 0 Å². The summed E-state index contributed by atoms with van der Waals surface area (Å²) in [7, 11) is -1.90. The van der Waals surface area contributed by atoms with E-state index in [-0.39, 0.29) is 43.3 Å². The molecule has 230 valence electrons. The number of anilines is 2. The first-order valence-electron chi connectivity index (χ1n) is 15.2. The Bertz CT molecular complexity index is 1450. The molecule has 3 saturated heterocycles. The van der Waals surface area contributed by atoms with E-state index in [1.54, 1.807) is 47.0 Å². The molecule has 1 spiro atoms. The zero-order valence-electron chi connectivity index (χ0n) is 25.2. The van der Waals surface area contributed by atoms with Crippen LogP contribution in [0.15, 0.2) is 42.5 Å². The maximum Gasteiger partial charge on any atom is 0.264 e. The lowest BCUT2D eigenvalue weighted by atomic mass is 9.82. The molecule has 4 aliphatic heterocycles. The monoisotopic (exact) mass is 609 g/mol. The van der Waals surface area contributed by atoms with Crippen LogP contribution in [0.2, 0.25) is 18.6 Å². The predicted octanol–water partition coefficient (Wildman–Crippen LogP) is 4.13. The van der Waals surface area contributed by atoms with Crippen molar-refractivity contribution >= 4 is 37.5 Å². The summed E-state index contributed by atoms with van der Waals surface area (Å²) in [6.45, 7) is 6.45. The summed E-state index contributed by atoms with van der Waals surface area (Å²) in [6.07, 6.45) is 1.22. The van der Waals surface area contributed by atoms with Gasteiger partial charge in [-0.15, -0.1) is 0 Å². The molecular formula is C32H40FN3O6Si. The quantitative estimate of drug-likeness (QED) is 0.275. The molecule has 0 unspecified atom stereocenters. The second kappa shape index (κ2) is 11.0. The number of amides is 3. The van der Waals surface area contributed by atoms with Crippen LogP contribution in [0.25, 0.3) is 0 Å². The normalized spacial score (nSPS) is 28.6. The Balaban J connectivity index is 1.37. The number of halogens is 1. The number of aliphatic hydroxyl groups excluding tert-OH is 1. The number of aliphatic hydroxyl groups is 1. The lowest BCUT2D eigenvalue weighted by molar-refractivity contribution is -0.150. The van der Waals surface area contributed by atoms with E-state index in [0.717, 1.165) is 24.1 Å². The number of carbonyl (C=O) groups is 3. The van der Waals surface area contributed by atoms with E-state index in [1.807, 2.05) is 37.3 Å². The minimum Gasteiger partial charge on any atom is -0.497 e. The van der Waals surface area contributed by atoms with Crippen LogP contribution >= 0.6 is 0 Å². The summed E-state index contributed by atoms with van der Waals surface area (Å²) < 4.78 is 28.5. The molecule has 5 atom stereocenters. The van der Waals surface area contributed by atoms with Crippen LogP contribution < -0.4 is 14.5 Å². The first kappa shape index (κ1) is 29.8. The van der Waals surface area contributed by atoms with Gasteiger partial charge in [-0.2, -0.15) is 0 Å². The van der Waals surface area contributed by atoms with Crippen molar-refractivity contribution in [3.8, 4) is 5.75 Å². The van der Waals surface area contributed by atoms with Gasteiger partial charge in [0.1, 0.15) is 5.75 Å². The molecule has 9 nitrogen and oxygen atoms in total. The van der Waals surface area contributed by atoms with Gasteiger partial charge in [0.2, 0.25) is 20.2 Å². The standard InChI is InChI=1S/C32H40FN3O6Si/c1-20-30(43(3,4)33)27(17-29(39)34-13-6-9-23(34)19-37)42-32(20)25-16-24(41-2)10-11-26(25)36(31(32)40)18-21-7-5-8-22(15-21)35-14-12-28(35)38/h5,7-8,10-11,15-16,20,23,27,30,37H,6,9,12-14,17-19H2,1-4H3/t20-,23+,27+,30-,32+/m1/s1. The molecule has 3 amide bonds. The number of ether oxygens (including phenoxy) is 2. The maximum atomic E-state index is 16.2. The number of benzene rings is 2. The first-order chi connectivity index (χ1) is 20.5. The third kappa shape index (κ3) is 4.85. The highest BCUT2D eigenvalue weighted by atomic mass is 28.4. The summed E-state index contributed by atoms with van der Waals surface area (Å²) in [5.74, 6) is -0.390. The second-order valence-electron chi connectivity index (χ2n) is 12.8. The molecule has 0 bridgehead atoms. The molecule has 0 saturated carbocycles. The molecule has 11 heteroatoms. The van der Waals surface area contributed by atoms with Crippen molar-refractivity contribution in [1.82, 2.24) is 4.90 Å². The van der Waals surface area contributed by atoms with Gasteiger partial charge in [-0.1, -0.05) is 19.1 Å². The minimum atomic E-state index is -3.45. The van der Waals surface area contributed by atoms with Crippen LogP contribution in [0.5, 0.6) is 5.75 Å². The Hall–Kier alpha value is -3.28.